The van der Waals surface area contributed by atoms with Crippen molar-refractivity contribution in [3.05, 3.63) is 85.5 Å². The van der Waals surface area contributed by atoms with Crippen molar-refractivity contribution in [2.75, 3.05) is 0 Å². The first kappa shape index (κ1) is 15.9. The summed E-state index contributed by atoms with van der Waals surface area (Å²) in [5, 5.41) is 16.0. The summed E-state index contributed by atoms with van der Waals surface area (Å²) in [7, 11) is 0. The molecule has 0 fully saturated rings. The van der Waals surface area contributed by atoms with Crippen LogP contribution in [0.15, 0.2) is 53.6 Å². The molecule has 0 amide bonds. The van der Waals surface area contributed by atoms with E-state index in [1.807, 2.05) is 12.1 Å². The summed E-state index contributed by atoms with van der Waals surface area (Å²) in [5.74, 6) is 0. The first-order chi connectivity index (χ1) is 11.4. The molecule has 2 heterocycles. The van der Waals surface area contributed by atoms with Gasteiger partial charge in [0.2, 0.25) is 0 Å². The Morgan fingerprint density at radius 2 is 1.96 bits per heavy atom. The lowest BCUT2D eigenvalue weighted by molar-refractivity contribution is -0.385. The highest BCUT2D eigenvalue weighted by Gasteiger charge is 2.14. The molecule has 0 saturated carbocycles. The first-order valence-electron chi connectivity index (χ1n) is 7.10. The van der Waals surface area contributed by atoms with Gasteiger partial charge in [0, 0.05) is 22.8 Å². The highest BCUT2D eigenvalue weighted by Crippen LogP contribution is 2.16. The van der Waals surface area contributed by atoms with Gasteiger partial charge >= 0.3 is 0 Å². The highest BCUT2D eigenvalue weighted by molar-refractivity contribution is 6.30. The number of rotatable bonds is 4. The van der Waals surface area contributed by atoms with Gasteiger partial charge in [0.1, 0.15) is 0 Å². The van der Waals surface area contributed by atoms with Gasteiger partial charge in [-0.05, 0) is 37.3 Å². The van der Waals surface area contributed by atoms with Gasteiger partial charge < -0.3 is 4.57 Å². The van der Waals surface area contributed by atoms with E-state index in [4.69, 9.17) is 11.6 Å². The average Bonchev–Trinajstić information content (AvgIpc) is 2.99. The number of hydrogen-bond acceptors (Lipinski definition) is 4. The van der Waals surface area contributed by atoms with Crippen molar-refractivity contribution in [2.24, 2.45) is 0 Å². The van der Waals surface area contributed by atoms with Crippen molar-refractivity contribution in [2.45, 2.75) is 13.5 Å². The molecule has 3 rings (SSSR count). The molecule has 0 atom stereocenters. The van der Waals surface area contributed by atoms with Crippen molar-refractivity contribution in [1.29, 1.82) is 0 Å². The Hall–Kier alpha value is -2.93. The molecule has 0 N–H and O–H groups in total. The number of nitrogens with zero attached hydrogens (tertiary/aromatic N) is 4. The number of nitro groups is 1. The van der Waals surface area contributed by atoms with Gasteiger partial charge in [-0.15, -0.1) is 0 Å². The minimum Gasteiger partial charge on any atom is -0.303 e. The Morgan fingerprint density at radius 3 is 2.62 bits per heavy atom. The van der Waals surface area contributed by atoms with Gasteiger partial charge in [-0.25, -0.2) is 4.68 Å². The van der Waals surface area contributed by atoms with E-state index in [1.54, 1.807) is 36.0 Å². The van der Waals surface area contributed by atoms with Gasteiger partial charge in [0.05, 0.1) is 29.0 Å². The molecular formula is C16H13ClN4O3. The molecule has 1 aromatic carbocycles. The fraction of sp³-hybridized carbons (Fsp3) is 0.125. The minimum atomic E-state index is -0.502. The zero-order valence-corrected chi connectivity index (χ0v) is 13.5. The number of pyridine rings is 1. The van der Waals surface area contributed by atoms with E-state index in [0.717, 1.165) is 5.69 Å². The number of benzene rings is 1. The third-order valence-corrected chi connectivity index (χ3v) is 3.82. The SMILES string of the molecule is Cc1cc(=O)n(Cc2ccn(-c3ccc(Cl)cc3)n2)cc1[N+](=O)[O-]. The lowest BCUT2D eigenvalue weighted by atomic mass is 10.2. The number of aryl methyl sites for hydroxylation is 1. The number of aromatic nitrogens is 3. The van der Waals surface area contributed by atoms with Gasteiger partial charge in [-0.1, -0.05) is 11.6 Å². The van der Waals surface area contributed by atoms with Crippen molar-refractivity contribution in [1.82, 2.24) is 14.3 Å². The summed E-state index contributed by atoms with van der Waals surface area (Å²) in [6, 6.07) is 10.2. The third kappa shape index (κ3) is 3.21. The Balaban J connectivity index is 1.90. The molecule has 0 bridgehead atoms. The Bertz CT molecular complexity index is 960. The molecule has 0 unspecified atom stereocenters. The molecule has 0 spiro atoms. The summed E-state index contributed by atoms with van der Waals surface area (Å²) in [6.45, 7) is 1.69. The summed E-state index contributed by atoms with van der Waals surface area (Å²) in [4.78, 5) is 22.5. The lowest BCUT2D eigenvalue weighted by Crippen LogP contribution is -2.21. The summed E-state index contributed by atoms with van der Waals surface area (Å²) in [6.07, 6.45) is 3.01. The van der Waals surface area contributed by atoms with Gasteiger partial charge in [-0.3, -0.25) is 14.9 Å². The van der Waals surface area contributed by atoms with Crippen LogP contribution in [0.5, 0.6) is 0 Å². The molecule has 8 heteroatoms. The van der Waals surface area contributed by atoms with Crippen LogP contribution in [-0.4, -0.2) is 19.3 Å². The topological polar surface area (TPSA) is 83.0 Å². The maximum Gasteiger partial charge on any atom is 0.288 e. The molecule has 0 saturated heterocycles. The molecule has 0 radical (unpaired) electrons. The van der Waals surface area contributed by atoms with Crippen LogP contribution < -0.4 is 5.56 Å². The molecule has 122 valence electrons. The van der Waals surface area contributed by atoms with Crippen LogP contribution in [0.3, 0.4) is 0 Å². The highest BCUT2D eigenvalue weighted by atomic mass is 35.5. The fourth-order valence-electron chi connectivity index (χ4n) is 2.33. The van der Waals surface area contributed by atoms with Crippen LogP contribution in [0, 0.1) is 17.0 Å². The predicted octanol–water partition coefficient (Wildman–Crippen LogP) is 2.95. The molecule has 0 aliphatic rings. The van der Waals surface area contributed by atoms with E-state index in [9.17, 15) is 14.9 Å². The largest absolute Gasteiger partial charge is 0.303 e. The van der Waals surface area contributed by atoms with E-state index in [-0.39, 0.29) is 17.8 Å². The van der Waals surface area contributed by atoms with Gasteiger partial charge in [0.25, 0.3) is 11.2 Å². The Labute approximate surface area is 141 Å². The number of halogens is 1. The monoisotopic (exact) mass is 344 g/mol. The van der Waals surface area contributed by atoms with Crippen LogP contribution in [0.1, 0.15) is 11.3 Å². The third-order valence-electron chi connectivity index (χ3n) is 3.57. The second-order valence-electron chi connectivity index (χ2n) is 5.29. The molecule has 2 aromatic heterocycles. The van der Waals surface area contributed by atoms with Crippen LogP contribution >= 0.6 is 11.6 Å². The van der Waals surface area contributed by atoms with E-state index in [1.165, 1.54) is 16.8 Å². The number of hydrogen-bond donors (Lipinski definition) is 0. The van der Waals surface area contributed by atoms with Crippen molar-refractivity contribution in [3.8, 4) is 5.69 Å². The van der Waals surface area contributed by atoms with Crippen LogP contribution in [0.2, 0.25) is 5.02 Å². The average molecular weight is 345 g/mol. The molecular weight excluding hydrogens is 332 g/mol. The molecule has 0 aliphatic heterocycles. The second-order valence-corrected chi connectivity index (χ2v) is 5.73. The fourth-order valence-corrected chi connectivity index (χ4v) is 2.45. The van der Waals surface area contributed by atoms with E-state index in [2.05, 4.69) is 5.10 Å². The molecule has 24 heavy (non-hydrogen) atoms. The van der Waals surface area contributed by atoms with Crippen molar-refractivity contribution in [3.63, 3.8) is 0 Å². The van der Waals surface area contributed by atoms with Crippen molar-refractivity contribution >= 4 is 17.3 Å². The standard InChI is InChI=1S/C16H13ClN4O3/c1-11-8-16(22)19(10-15(11)21(23)24)9-13-6-7-20(18-13)14-4-2-12(17)3-5-14/h2-8,10H,9H2,1H3. The second kappa shape index (κ2) is 6.29. The summed E-state index contributed by atoms with van der Waals surface area (Å²) < 4.78 is 2.93. The zero-order valence-electron chi connectivity index (χ0n) is 12.7. The molecule has 3 aromatic rings. The predicted molar refractivity (Wildman–Crippen MR) is 89.8 cm³/mol. The lowest BCUT2D eigenvalue weighted by Gasteiger charge is -2.05. The van der Waals surface area contributed by atoms with Crippen LogP contribution in [0.25, 0.3) is 5.69 Å². The normalized spacial score (nSPS) is 10.8. The van der Waals surface area contributed by atoms with Crippen LogP contribution in [0.4, 0.5) is 5.69 Å². The van der Waals surface area contributed by atoms with Gasteiger partial charge in [-0.2, -0.15) is 5.10 Å². The quantitative estimate of drug-likeness (QED) is 0.538. The van der Waals surface area contributed by atoms with E-state index in [0.29, 0.717) is 16.3 Å². The first-order valence-corrected chi connectivity index (χ1v) is 7.48. The van der Waals surface area contributed by atoms with E-state index >= 15 is 0 Å². The van der Waals surface area contributed by atoms with Crippen molar-refractivity contribution < 1.29 is 4.92 Å². The summed E-state index contributed by atoms with van der Waals surface area (Å²) >= 11 is 5.86. The Kier molecular flexibility index (Phi) is 4.18. The maximum absolute atomic E-state index is 12.0. The molecule has 0 aliphatic carbocycles. The van der Waals surface area contributed by atoms with E-state index < -0.39 is 4.92 Å². The summed E-state index contributed by atoms with van der Waals surface area (Å²) in [5.41, 5.74) is 1.39. The van der Waals surface area contributed by atoms with Gasteiger partial charge in [0.15, 0.2) is 0 Å². The zero-order chi connectivity index (χ0) is 17.3. The minimum absolute atomic E-state index is 0.0910. The smallest absolute Gasteiger partial charge is 0.288 e. The Morgan fingerprint density at radius 1 is 1.25 bits per heavy atom. The van der Waals surface area contributed by atoms with Crippen LogP contribution in [-0.2, 0) is 6.54 Å². The maximum atomic E-state index is 12.0. The molecule has 7 nitrogen and oxygen atoms in total.